The summed E-state index contributed by atoms with van der Waals surface area (Å²) in [5.41, 5.74) is 1.84. The first-order valence-electron chi connectivity index (χ1n) is 5.94. The summed E-state index contributed by atoms with van der Waals surface area (Å²) >= 11 is 3.43. The molecule has 0 bridgehead atoms. The van der Waals surface area contributed by atoms with Crippen molar-refractivity contribution >= 4 is 21.8 Å². The van der Waals surface area contributed by atoms with Crippen LogP contribution in [0.15, 0.2) is 22.7 Å². The monoisotopic (exact) mass is 296 g/mol. The maximum absolute atomic E-state index is 11.8. The summed E-state index contributed by atoms with van der Waals surface area (Å²) < 4.78 is 0.973. The van der Waals surface area contributed by atoms with Crippen LogP contribution in [0.25, 0.3) is 0 Å². The third-order valence-electron chi connectivity index (χ3n) is 2.85. The molecule has 1 aliphatic carbocycles. The van der Waals surface area contributed by atoms with E-state index in [4.69, 9.17) is 0 Å². The normalized spacial score (nSPS) is 14.7. The first-order chi connectivity index (χ1) is 8.16. The number of amides is 1. The van der Waals surface area contributed by atoms with E-state index in [9.17, 15) is 4.79 Å². The largest absolute Gasteiger partial charge is 0.351 e. The highest BCUT2D eigenvalue weighted by atomic mass is 79.9. The van der Waals surface area contributed by atoms with Gasteiger partial charge in [-0.15, -0.1) is 0 Å². The molecule has 17 heavy (non-hydrogen) atoms. The Labute approximate surface area is 110 Å². The maximum Gasteiger partial charge on any atom is 0.251 e. The molecule has 1 saturated carbocycles. The number of carbonyl (C=O) groups is 1. The quantitative estimate of drug-likeness (QED) is 0.818. The molecule has 1 aromatic rings. The molecule has 0 unspecified atom stereocenters. The van der Waals surface area contributed by atoms with Gasteiger partial charge in [-0.2, -0.15) is 0 Å². The second-order valence-electron chi connectivity index (χ2n) is 4.45. The van der Waals surface area contributed by atoms with Gasteiger partial charge in [-0.05, 0) is 37.5 Å². The number of hydrogen-bond acceptors (Lipinski definition) is 2. The minimum Gasteiger partial charge on any atom is -0.351 e. The van der Waals surface area contributed by atoms with E-state index in [1.165, 1.54) is 12.8 Å². The number of benzene rings is 1. The Hall–Kier alpha value is -0.870. The lowest BCUT2D eigenvalue weighted by Gasteiger charge is -2.07. The molecule has 0 heterocycles. The number of nitrogens with one attached hydrogen (secondary N) is 2. The van der Waals surface area contributed by atoms with E-state index < -0.39 is 0 Å². The smallest absolute Gasteiger partial charge is 0.251 e. The van der Waals surface area contributed by atoms with Gasteiger partial charge in [0.25, 0.3) is 5.91 Å². The minimum atomic E-state index is -0.0108. The van der Waals surface area contributed by atoms with E-state index in [2.05, 4.69) is 26.6 Å². The van der Waals surface area contributed by atoms with Gasteiger partial charge in [-0.25, -0.2) is 0 Å². The molecule has 2 rings (SSSR count). The average Bonchev–Trinajstić information content (AvgIpc) is 3.12. The number of hydrogen-bond donors (Lipinski definition) is 2. The van der Waals surface area contributed by atoms with E-state index in [-0.39, 0.29) is 5.91 Å². The predicted molar refractivity (Wildman–Crippen MR) is 72.2 cm³/mol. The minimum absolute atomic E-state index is 0.0108. The molecule has 0 aromatic heterocycles. The van der Waals surface area contributed by atoms with Gasteiger partial charge in [0.05, 0.1) is 0 Å². The molecular weight excluding hydrogens is 280 g/mol. The van der Waals surface area contributed by atoms with Crippen molar-refractivity contribution in [1.82, 2.24) is 10.6 Å². The van der Waals surface area contributed by atoms with Crippen LogP contribution in [0.3, 0.4) is 0 Å². The Bertz CT molecular complexity index is 416. The van der Waals surface area contributed by atoms with Gasteiger partial charge in [-0.1, -0.05) is 22.0 Å². The highest BCUT2D eigenvalue weighted by molar-refractivity contribution is 9.10. The van der Waals surface area contributed by atoms with Crippen molar-refractivity contribution < 1.29 is 4.79 Å². The second kappa shape index (κ2) is 5.65. The average molecular weight is 297 g/mol. The lowest BCUT2D eigenvalue weighted by atomic mass is 10.1. The third-order valence-corrected chi connectivity index (χ3v) is 3.71. The lowest BCUT2D eigenvalue weighted by Crippen LogP contribution is -2.32. The number of halogens is 1. The van der Waals surface area contributed by atoms with Crippen LogP contribution in [-0.4, -0.2) is 25.0 Å². The highest BCUT2D eigenvalue weighted by Gasteiger charge is 2.19. The summed E-state index contributed by atoms with van der Waals surface area (Å²) in [5.74, 6) is -0.0108. The first-order valence-corrected chi connectivity index (χ1v) is 6.74. The van der Waals surface area contributed by atoms with Crippen molar-refractivity contribution in [2.75, 3.05) is 13.1 Å². The van der Waals surface area contributed by atoms with E-state index in [0.717, 1.165) is 16.6 Å². The van der Waals surface area contributed by atoms with E-state index in [1.807, 2.05) is 25.1 Å². The molecule has 0 spiro atoms. The van der Waals surface area contributed by atoms with E-state index in [1.54, 1.807) is 0 Å². The molecule has 0 aliphatic heterocycles. The van der Waals surface area contributed by atoms with Gasteiger partial charge in [0.1, 0.15) is 0 Å². The predicted octanol–water partition coefficient (Wildman–Crippen LogP) is 2.24. The topological polar surface area (TPSA) is 41.1 Å². The summed E-state index contributed by atoms with van der Waals surface area (Å²) in [6.45, 7) is 3.54. The standard InChI is InChI=1S/C13H17BrN2O/c1-9-2-3-10(8-12(9)14)13(17)16-7-6-15-11-4-5-11/h2-3,8,11,15H,4-7H2,1H3,(H,16,17). The lowest BCUT2D eigenvalue weighted by molar-refractivity contribution is 0.0954. The Morgan fingerprint density at radius 2 is 2.18 bits per heavy atom. The maximum atomic E-state index is 11.8. The molecule has 1 fully saturated rings. The number of rotatable bonds is 5. The van der Waals surface area contributed by atoms with Gasteiger partial charge >= 0.3 is 0 Å². The molecule has 92 valence electrons. The SMILES string of the molecule is Cc1ccc(C(=O)NCCNC2CC2)cc1Br. The third kappa shape index (κ3) is 3.82. The zero-order valence-corrected chi connectivity index (χ0v) is 11.5. The van der Waals surface area contributed by atoms with Crippen LogP contribution >= 0.6 is 15.9 Å². The van der Waals surface area contributed by atoms with Gasteiger partial charge < -0.3 is 10.6 Å². The van der Waals surface area contributed by atoms with Crippen LogP contribution in [0.2, 0.25) is 0 Å². The van der Waals surface area contributed by atoms with E-state index >= 15 is 0 Å². The van der Waals surface area contributed by atoms with Crippen molar-refractivity contribution in [3.8, 4) is 0 Å². The van der Waals surface area contributed by atoms with Crippen LogP contribution in [0.1, 0.15) is 28.8 Å². The summed E-state index contributed by atoms with van der Waals surface area (Å²) in [6, 6.07) is 6.35. The molecule has 2 N–H and O–H groups in total. The van der Waals surface area contributed by atoms with Crippen LogP contribution in [0, 0.1) is 6.92 Å². The zero-order chi connectivity index (χ0) is 12.3. The molecule has 0 atom stereocenters. The van der Waals surface area contributed by atoms with Crippen molar-refractivity contribution in [2.45, 2.75) is 25.8 Å². The number of aryl methyl sites for hydroxylation is 1. The molecule has 1 amide bonds. The van der Waals surface area contributed by atoms with Crippen LogP contribution in [0.5, 0.6) is 0 Å². The summed E-state index contributed by atoms with van der Waals surface area (Å²) in [6.07, 6.45) is 2.55. The highest BCUT2D eigenvalue weighted by Crippen LogP contribution is 2.18. The van der Waals surface area contributed by atoms with Gasteiger partial charge in [-0.3, -0.25) is 4.79 Å². The molecule has 0 radical (unpaired) electrons. The fraction of sp³-hybridized carbons (Fsp3) is 0.462. The van der Waals surface area contributed by atoms with Crippen LogP contribution in [-0.2, 0) is 0 Å². The Morgan fingerprint density at radius 3 is 2.82 bits per heavy atom. The molecule has 3 nitrogen and oxygen atoms in total. The fourth-order valence-corrected chi connectivity index (χ4v) is 1.95. The van der Waals surface area contributed by atoms with Crippen LogP contribution in [0.4, 0.5) is 0 Å². The fourth-order valence-electron chi connectivity index (χ4n) is 1.58. The van der Waals surface area contributed by atoms with Crippen LogP contribution < -0.4 is 10.6 Å². The zero-order valence-electron chi connectivity index (χ0n) is 9.92. The molecule has 1 aromatic carbocycles. The van der Waals surface area contributed by atoms with Gasteiger partial charge in [0.2, 0.25) is 0 Å². The van der Waals surface area contributed by atoms with Gasteiger partial charge in [0, 0.05) is 29.2 Å². The van der Waals surface area contributed by atoms with Crippen molar-refractivity contribution in [3.63, 3.8) is 0 Å². The summed E-state index contributed by atoms with van der Waals surface area (Å²) in [4.78, 5) is 11.8. The molecule has 1 aliphatic rings. The summed E-state index contributed by atoms with van der Waals surface area (Å²) in [5, 5.41) is 6.27. The van der Waals surface area contributed by atoms with Crippen molar-refractivity contribution in [3.05, 3.63) is 33.8 Å². The second-order valence-corrected chi connectivity index (χ2v) is 5.30. The molecule has 0 saturated heterocycles. The van der Waals surface area contributed by atoms with Gasteiger partial charge in [0.15, 0.2) is 0 Å². The Kier molecular flexibility index (Phi) is 4.18. The van der Waals surface area contributed by atoms with Crippen molar-refractivity contribution in [1.29, 1.82) is 0 Å². The summed E-state index contributed by atoms with van der Waals surface area (Å²) in [7, 11) is 0. The molecule has 4 heteroatoms. The first kappa shape index (κ1) is 12.6. The Morgan fingerprint density at radius 1 is 1.41 bits per heavy atom. The Balaban J connectivity index is 1.79. The van der Waals surface area contributed by atoms with Crippen molar-refractivity contribution in [2.24, 2.45) is 0 Å². The number of carbonyl (C=O) groups excluding carboxylic acids is 1. The molecular formula is C13H17BrN2O. The van der Waals surface area contributed by atoms with E-state index in [0.29, 0.717) is 18.2 Å².